The predicted molar refractivity (Wildman–Crippen MR) is 198 cm³/mol. The Labute approximate surface area is 316 Å². The van der Waals surface area contributed by atoms with E-state index in [1.807, 2.05) is 0 Å². The number of hydrogen-bond donors (Lipinski definition) is 0. The number of rotatable bonds is 0. The third-order valence-electron chi connectivity index (χ3n) is 9.46. The number of halogens is 2. The van der Waals surface area contributed by atoms with Crippen LogP contribution in [0.2, 0.25) is 0 Å². The van der Waals surface area contributed by atoms with Gasteiger partial charge in [-0.2, -0.15) is 0 Å². The number of benzene rings is 4. The molecular weight excluding hydrogens is 691 g/mol. The monoisotopic (exact) mass is 742 g/mol. The molecule has 0 heterocycles. The minimum absolute atomic E-state index is 0. The molecule has 248 valence electrons. The minimum atomic E-state index is 0. The van der Waals surface area contributed by atoms with E-state index in [1.54, 1.807) is 0 Å². The molecule has 0 amide bonds. The molecule has 0 spiro atoms. The van der Waals surface area contributed by atoms with Gasteiger partial charge in [0.25, 0.3) is 0 Å². The van der Waals surface area contributed by atoms with Crippen molar-refractivity contribution in [1.82, 2.24) is 0 Å². The van der Waals surface area contributed by atoms with E-state index in [9.17, 15) is 0 Å². The van der Waals surface area contributed by atoms with Gasteiger partial charge in [-0.3, -0.25) is 0 Å². The minimum Gasteiger partial charge on any atom is -1.00 e. The number of aryl methyl sites for hydroxylation is 2. The van der Waals surface area contributed by atoms with E-state index in [-0.39, 0.29) is 72.7 Å². The van der Waals surface area contributed by atoms with Crippen molar-refractivity contribution in [3.05, 3.63) is 106 Å². The van der Waals surface area contributed by atoms with E-state index in [1.165, 1.54) is 76.5 Å². The van der Waals surface area contributed by atoms with Gasteiger partial charge in [0.15, 0.2) is 0 Å². The Balaban J connectivity index is 0.000000307. The molecule has 0 unspecified atom stereocenters. The van der Waals surface area contributed by atoms with Gasteiger partial charge in [-0.1, -0.05) is 153 Å². The van der Waals surface area contributed by atoms with Crippen molar-refractivity contribution in [1.29, 1.82) is 0 Å². The standard InChI is InChI=1S/2C22H27.2ClH.Zr/c2*1-14-10-18(22(5,6)7)13-16-11-15-12-17(21(2,3)4)8-9-19(15)20(14)16;;;/h2*8-13H,1-7H3;2*1H;/q2*-1;;;+4/p-2. The molecule has 6 aromatic carbocycles. The van der Waals surface area contributed by atoms with Crippen LogP contribution in [0.5, 0.6) is 0 Å². The fraction of sp³-hybridized carbons (Fsp3) is 0.409. The topological polar surface area (TPSA) is 0 Å². The second kappa shape index (κ2) is 14.1. The third kappa shape index (κ3) is 8.46. The summed E-state index contributed by atoms with van der Waals surface area (Å²) in [4.78, 5) is 0. The molecule has 0 saturated heterocycles. The molecule has 0 aliphatic rings. The summed E-state index contributed by atoms with van der Waals surface area (Å²) in [5.41, 5.74) is 9.22. The van der Waals surface area contributed by atoms with Gasteiger partial charge in [0, 0.05) is 0 Å². The van der Waals surface area contributed by atoms with Crippen LogP contribution in [0.1, 0.15) is 116 Å². The first-order chi connectivity index (χ1) is 20.1. The zero-order valence-electron chi connectivity index (χ0n) is 31.2. The summed E-state index contributed by atoms with van der Waals surface area (Å²) in [6.07, 6.45) is 0. The van der Waals surface area contributed by atoms with Crippen LogP contribution in [-0.2, 0) is 47.9 Å². The van der Waals surface area contributed by atoms with E-state index in [0.717, 1.165) is 0 Å². The van der Waals surface area contributed by atoms with Crippen LogP contribution in [0, 0.1) is 13.8 Å². The summed E-state index contributed by atoms with van der Waals surface area (Å²) in [7, 11) is 0. The molecular formula is C44H54Cl2Zr. The third-order valence-corrected chi connectivity index (χ3v) is 9.46. The molecule has 0 aliphatic carbocycles. The molecule has 0 N–H and O–H groups in total. The zero-order chi connectivity index (χ0) is 32.6. The molecule has 0 aliphatic heterocycles. The number of fused-ring (bicyclic) bond motifs is 6. The van der Waals surface area contributed by atoms with Gasteiger partial charge in [-0.05, 0) is 35.5 Å². The Hall–Kier alpha value is -1.92. The summed E-state index contributed by atoms with van der Waals surface area (Å²) in [6, 6.07) is 28.1. The Morgan fingerprint density at radius 2 is 0.660 bits per heavy atom. The van der Waals surface area contributed by atoms with Crippen LogP contribution >= 0.6 is 0 Å². The van der Waals surface area contributed by atoms with E-state index < -0.39 is 0 Å². The van der Waals surface area contributed by atoms with E-state index >= 15 is 0 Å². The fourth-order valence-electron chi connectivity index (χ4n) is 6.55. The van der Waals surface area contributed by atoms with Gasteiger partial charge in [0.05, 0.1) is 0 Å². The van der Waals surface area contributed by atoms with Crippen LogP contribution in [0.25, 0.3) is 43.1 Å². The van der Waals surface area contributed by atoms with Crippen molar-refractivity contribution in [2.75, 3.05) is 0 Å². The summed E-state index contributed by atoms with van der Waals surface area (Å²) in [5.74, 6) is 0. The molecule has 6 rings (SSSR count). The first-order valence-corrected chi connectivity index (χ1v) is 16.4. The smallest absolute Gasteiger partial charge is 1.00 e. The molecule has 3 heteroatoms. The van der Waals surface area contributed by atoms with E-state index in [0.29, 0.717) is 0 Å². The molecule has 0 fully saturated rings. The van der Waals surface area contributed by atoms with Crippen LogP contribution in [0.15, 0.2) is 72.8 Å². The maximum absolute atomic E-state index is 2.37. The Morgan fingerprint density at radius 1 is 0.383 bits per heavy atom. The second-order valence-corrected chi connectivity index (χ2v) is 17.4. The van der Waals surface area contributed by atoms with E-state index in [2.05, 4.69) is 170 Å². The molecule has 0 aromatic heterocycles. The van der Waals surface area contributed by atoms with Crippen molar-refractivity contribution < 1.29 is 51.0 Å². The first kappa shape index (κ1) is 41.3. The SMILES string of the molecule is Cc1cc(C(C)(C)C)cc2[cH-]c3cc(C(C)(C)C)ccc3c12.Cc1cc(C(C)(C)C)cc2[cH-]c3cc(C(C)(C)C)ccc3c12.[Cl-].[Cl-].[Zr+4]. The summed E-state index contributed by atoms with van der Waals surface area (Å²) in [6.45, 7) is 31.9. The summed E-state index contributed by atoms with van der Waals surface area (Å²) in [5, 5.41) is 11.1. The predicted octanol–water partition coefficient (Wildman–Crippen LogP) is 7.24. The normalized spacial score (nSPS) is 12.4. The van der Waals surface area contributed by atoms with Gasteiger partial charge < -0.3 is 24.8 Å². The molecule has 0 bridgehead atoms. The first-order valence-electron chi connectivity index (χ1n) is 16.4. The summed E-state index contributed by atoms with van der Waals surface area (Å²) >= 11 is 0. The molecule has 47 heavy (non-hydrogen) atoms. The largest absolute Gasteiger partial charge is 4.00 e. The zero-order valence-corrected chi connectivity index (χ0v) is 35.2. The van der Waals surface area contributed by atoms with Gasteiger partial charge in [-0.15, -0.1) is 79.5 Å². The van der Waals surface area contributed by atoms with Crippen molar-refractivity contribution >= 4 is 43.1 Å². The van der Waals surface area contributed by atoms with Gasteiger partial charge >= 0.3 is 26.2 Å². The van der Waals surface area contributed by atoms with Crippen molar-refractivity contribution in [3.8, 4) is 0 Å². The van der Waals surface area contributed by atoms with Crippen LogP contribution < -0.4 is 24.8 Å². The maximum Gasteiger partial charge on any atom is 4.00 e. The quantitative estimate of drug-likeness (QED) is 0.144. The maximum atomic E-state index is 2.37. The molecule has 0 radical (unpaired) electrons. The average Bonchev–Trinajstić information content (AvgIpc) is 3.44. The average molecular weight is 745 g/mol. The van der Waals surface area contributed by atoms with Gasteiger partial charge in [-0.25, -0.2) is 0 Å². The Kier molecular flexibility index (Phi) is 12.4. The van der Waals surface area contributed by atoms with Crippen molar-refractivity contribution in [2.24, 2.45) is 0 Å². The Bertz CT molecular complexity index is 1860. The Morgan fingerprint density at radius 3 is 0.936 bits per heavy atom. The summed E-state index contributed by atoms with van der Waals surface area (Å²) < 4.78 is 0. The number of hydrogen-bond acceptors (Lipinski definition) is 0. The van der Waals surface area contributed by atoms with Crippen LogP contribution in [0.3, 0.4) is 0 Å². The van der Waals surface area contributed by atoms with E-state index in [4.69, 9.17) is 0 Å². The van der Waals surface area contributed by atoms with Gasteiger partial charge in [0.2, 0.25) is 0 Å². The van der Waals surface area contributed by atoms with Crippen LogP contribution in [-0.4, -0.2) is 0 Å². The molecule has 0 nitrogen and oxygen atoms in total. The molecule has 0 saturated carbocycles. The molecule has 0 atom stereocenters. The van der Waals surface area contributed by atoms with Gasteiger partial charge in [0.1, 0.15) is 0 Å². The molecule has 6 aromatic rings. The fourth-order valence-corrected chi connectivity index (χ4v) is 6.55. The second-order valence-electron chi connectivity index (χ2n) is 17.4. The van der Waals surface area contributed by atoms with Crippen LogP contribution in [0.4, 0.5) is 0 Å². The van der Waals surface area contributed by atoms with Crippen molar-refractivity contribution in [3.63, 3.8) is 0 Å². The van der Waals surface area contributed by atoms with Crippen molar-refractivity contribution in [2.45, 2.75) is 119 Å².